The molecule has 2 nitrogen and oxygen atoms in total. The summed E-state index contributed by atoms with van der Waals surface area (Å²) in [7, 11) is 0. The maximum Gasteiger partial charge on any atom is 0.460 e. The standard InChI is InChI=1S/C14H14F13NO/c15-9(16,5-7-29-8-4-2-1-3-6-28-8)10(17,18)11(19,20)12(21,22)13(23,24)14(25,26)27/h1-7H2. The molecule has 0 bridgehead atoms. The van der Waals surface area contributed by atoms with Gasteiger partial charge in [-0.05, 0) is 12.8 Å². The van der Waals surface area contributed by atoms with Crippen molar-refractivity contribution in [3.63, 3.8) is 0 Å². The van der Waals surface area contributed by atoms with Crippen LogP contribution in [0.5, 0.6) is 0 Å². The summed E-state index contributed by atoms with van der Waals surface area (Å²) in [5.41, 5.74) is 0. The third-order valence-electron chi connectivity index (χ3n) is 4.02. The van der Waals surface area contributed by atoms with Crippen molar-refractivity contribution in [1.29, 1.82) is 0 Å². The summed E-state index contributed by atoms with van der Waals surface area (Å²) in [6.07, 6.45) is -7.96. The lowest BCUT2D eigenvalue weighted by atomic mass is 9.93. The highest BCUT2D eigenvalue weighted by Gasteiger charge is 2.90. The molecule has 1 aliphatic rings. The zero-order valence-electron chi connectivity index (χ0n) is 14.2. The molecule has 0 radical (unpaired) electrons. The largest absolute Gasteiger partial charge is 0.481 e. The Balaban J connectivity index is 3.04. The van der Waals surface area contributed by atoms with Crippen molar-refractivity contribution in [3.05, 3.63) is 0 Å². The van der Waals surface area contributed by atoms with Crippen LogP contribution in [0.3, 0.4) is 0 Å². The summed E-state index contributed by atoms with van der Waals surface area (Å²) in [6, 6.07) is 0. The van der Waals surface area contributed by atoms with Gasteiger partial charge in [-0.25, -0.2) is 0 Å². The molecule has 0 aromatic heterocycles. The fourth-order valence-corrected chi connectivity index (χ4v) is 2.22. The summed E-state index contributed by atoms with van der Waals surface area (Å²) < 4.78 is 173. The molecule has 0 saturated heterocycles. The third-order valence-corrected chi connectivity index (χ3v) is 4.02. The Kier molecular flexibility index (Phi) is 7.06. The van der Waals surface area contributed by atoms with E-state index in [0.29, 0.717) is 19.3 Å². The maximum absolute atomic E-state index is 13.5. The molecule has 0 atom stereocenters. The topological polar surface area (TPSA) is 21.6 Å². The molecule has 0 fully saturated rings. The second kappa shape index (κ2) is 8.00. The minimum Gasteiger partial charge on any atom is -0.481 e. The highest BCUT2D eigenvalue weighted by atomic mass is 19.4. The number of hydrogen-bond acceptors (Lipinski definition) is 2. The molecule has 0 saturated carbocycles. The van der Waals surface area contributed by atoms with Gasteiger partial charge in [-0.2, -0.15) is 57.1 Å². The Morgan fingerprint density at radius 1 is 0.655 bits per heavy atom. The van der Waals surface area contributed by atoms with Gasteiger partial charge in [-0.1, -0.05) is 6.42 Å². The molecule has 1 heterocycles. The number of hydrogen-bond donors (Lipinski definition) is 0. The number of ether oxygens (including phenoxy) is 1. The summed E-state index contributed by atoms with van der Waals surface area (Å²) in [6.45, 7) is -1.25. The summed E-state index contributed by atoms with van der Waals surface area (Å²) in [5, 5.41) is 0. The summed E-state index contributed by atoms with van der Waals surface area (Å²) in [5.74, 6) is -36.9. The zero-order chi connectivity index (χ0) is 22.9. The highest BCUT2D eigenvalue weighted by molar-refractivity contribution is 5.76. The van der Waals surface area contributed by atoms with Crippen molar-refractivity contribution in [1.82, 2.24) is 0 Å². The minimum atomic E-state index is -7.88. The van der Waals surface area contributed by atoms with E-state index in [1.54, 1.807) is 0 Å². The molecule has 0 spiro atoms. The SMILES string of the molecule is FC(F)(F)C(F)(F)C(F)(F)C(F)(F)C(F)(F)C(F)(F)CCOC1=NCCCCC1. The van der Waals surface area contributed by atoms with Crippen molar-refractivity contribution in [2.24, 2.45) is 4.99 Å². The monoisotopic (exact) mass is 459 g/mol. The number of rotatable bonds is 7. The average Bonchev–Trinajstić information content (AvgIpc) is 2.81. The third kappa shape index (κ3) is 4.52. The van der Waals surface area contributed by atoms with Crippen LogP contribution < -0.4 is 0 Å². The Hall–Kier alpha value is -1.44. The molecule has 0 aromatic carbocycles. The quantitative estimate of drug-likeness (QED) is 0.422. The van der Waals surface area contributed by atoms with E-state index in [1.807, 2.05) is 0 Å². The van der Waals surface area contributed by atoms with E-state index >= 15 is 0 Å². The van der Waals surface area contributed by atoms with Crippen molar-refractivity contribution < 1.29 is 61.8 Å². The molecule has 29 heavy (non-hydrogen) atoms. The lowest BCUT2D eigenvalue weighted by Crippen LogP contribution is -2.70. The number of aliphatic imine (C=N–C) groups is 1. The van der Waals surface area contributed by atoms with Crippen LogP contribution in [0.2, 0.25) is 0 Å². The Labute approximate surface area is 155 Å². The fraction of sp³-hybridized carbons (Fsp3) is 0.929. The smallest absolute Gasteiger partial charge is 0.460 e. The van der Waals surface area contributed by atoms with E-state index in [2.05, 4.69) is 9.73 Å². The van der Waals surface area contributed by atoms with Gasteiger partial charge in [0.25, 0.3) is 0 Å². The van der Waals surface area contributed by atoms with Crippen LogP contribution in [0.4, 0.5) is 57.1 Å². The first kappa shape index (κ1) is 25.6. The van der Waals surface area contributed by atoms with Gasteiger partial charge in [0.05, 0.1) is 13.0 Å². The molecule has 1 aliphatic heterocycles. The van der Waals surface area contributed by atoms with Gasteiger partial charge in [-0.15, -0.1) is 0 Å². The predicted molar refractivity (Wildman–Crippen MR) is 72.1 cm³/mol. The first-order valence-electron chi connectivity index (χ1n) is 7.95. The molecule has 0 aliphatic carbocycles. The molecule has 0 aromatic rings. The number of alkyl halides is 13. The maximum atomic E-state index is 13.5. The fourth-order valence-electron chi connectivity index (χ4n) is 2.22. The van der Waals surface area contributed by atoms with Gasteiger partial charge < -0.3 is 4.74 Å². The first-order valence-corrected chi connectivity index (χ1v) is 7.95. The summed E-state index contributed by atoms with van der Waals surface area (Å²) in [4.78, 5) is 3.72. The van der Waals surface area contributed by atoms with Crippen molar-refractivity contribution >= 4 is 5.90 Å². The van der Waals surface area contributed by atoms with Gasteiger partial charge in [0.2, 0.25) is 0 Å². The first-order chi connectivity index (χ1) is 12.8. The van der Waals surface area contributed by atoms with Crippen LogP contribution >= 0.6 is 0 Å². The van der Waals surface area contributed by atoms with Crippen LogP contribution in [-0.4, -0.2) is 54.8 Å². The molecule has 0 N–H and O–H groups in total. The average molecular weight is 459 g/mol. The molecular weight excluding hydrogens is 445 g/mol. The molecule has 0 unspecified atom stereocenters. The van der Waals surface area contributed by atoms with Crippen LogP contribution in [0.25, 0.3) is 0 Å². The van der Waals surface area contributed by atoms with E-state index < -0.39 is 48.8 Å². The van der Waals surface area contributed by atoms with Crippen molar-refractivity contribution in [3.8, 4) is 0 Å². The van der Waals surface area contributed by atoms with Gasteiger partial charge in [-0.3, -0.25) is 4.99 Å². The van der Waals surface area contributed by atoms with Crippen molar-refractivity contribution in [2.75, 3.05) is 13.2 Å². The van der Waals surface area contributed by atoms with E-state index in [9.17, 15) is 57.1 Å². The van der Waals surface area contributed by atoms with Gasteiger partial charge in [0.1, 0.15) is 0 Å². The molecule has 1 rings (SSSR count). The Bertz CT molecular complexity index is 597. The molecule has 15 heteroatoms. The van der Waals surface area contributed by atoms with Crippen LogP contribution in [0.15, 0.2) is 4.99 Å². The lowest BCUT2D eigenvalue weighted by Gasteiger charge is -2.39. The van der Waals surface area contributed by atoms with E-state index in [4.69, 9.17) is 0 Å². The highest BCUT2D eigenvalue weighted by Crippen LogP contribution is 2.60. The van der Waals surface area contributed by atoms with Crippen LogP contribution in [0.1, 0.15) is 32.1 Å². The van der Waals surface area contributed by atoms with E-state index in [1.165, 1.54) is 0 Å². The molecule has 172 valence electrons. The minimum absolute atomic E-state index is 0.0913. The Morgan fingerprint density at radius 3 is 1.69 bits per heavy atom. The zero-order valence-corrected chi connectivity index (χ0v) is 14.2. The second-order valence-electron chi connectivity index (χ2n) is 6.18. The predicted octanol–water partition coefficient (Wildman–Crippen LogP) is 6.10. The second-order valence-corrected chi connectivity index (χ2v) is 6.18. The lowest BCUT2D eigenvalue weighted by molar-refractivity contribution is -0.440. The van der Waals surface area contributed by atoms with Gasteiger partial charge in [0.15, 0.2) is 5.90 Å². The van der Waals surface area contributed by atoms with E-state index in [-0.39, 0.29) is 18.9 Å². The number of halogens is 13. The normalized spacial score (nSPS) is 18.3. The van der Waals surface area contributed by atoms with Crippen molar-refractivity contribution in [2.45, 2.75) is 67.9 Å². The molecular formula is C14H14F13NO. The Morgan fingerprint density at radius 2 is 1.17 bits per heavy atom. The molecule has 0 amide bonds. The van der Waals surface area contributed by atoms with E-state index in [0.717, 1.165) is 0 Å². The number of nitrogens with zero attached hydrogens (tertiary/aromatic N) is 1. The van der Waals surface area contributed by atoms with Crippen LogP contribution in [0, 0.1) is 0 Å². The summed E-state index contributed by atoms with van der Waals surface area (Å²) >= 11 is 0. The van der Waals surface area contributed by atoms with Gasteiger partial charge in [0, 0.05) is 13.0 Å². The van der Waals surface area contributed by atoms with Crippen LogP contribution in [-0.2, 0) is 4.74 Å². The van der Waals surface area contributed by atoms with Gasteiger partial charge >= 0.3 is 35.8 Å².